The minimum Gasteiger partial charge on any atom is -0.463 e. The number of carboxylic acid groups (broad SMARTS) is 1. The Morgan fingerprint density at radius 1 is 0.931 bits per heavy atom. The van der Waals surface area contributed by atoms with E-state index in [2.05, 4.69) is 0 Å². The molecule has 29 heavy (non-hydrogen) atoms. The molecule has 2 aromatic carbocycles. The van der Waals surface area contributed by atoms with Crippen molar-refractivity contribution < 1.29 is 38.6 Å². The first-order valence-electron chi connectivity index (χ1n) is 8.70. The molecule has 1 atom stereocenters. The van der Waals surface area contributed by atoms with Crippen LogP contribution in [0.2, 0.25) is 0 Å². The van der Waals surface area contributed by atoms with Crippen LogP contribution in [-0.2, 0) is 32.1 Å². The molecule has 0 fully saturated rings. The van der Waals surface area contributed by atoms with Crippen molar-refractivity contribution in [2.75, 3.05) is 6.16 Å². The highest BCUT2D eigenvalue weighted by Crippen LogP contribution is 2.36. The quantitative estimate of drug-likeness (QED) is 0.302. The van der Waals surface area contributed by atoms with E-state index >= 15 is 0 Å². The molecule has 10 heteroatoms. The second kappa shape index (κ2) is 10.7. The van der Waals surface area contributed by atoms with Crippen LogP contribution in [0.15, 0.2) is 60.7 Å². The number of ether oxygens (including phenoxy) is 1. The first kappa shape index (κ1) is 22.6. The van der Waals surface area contributed by atoms with Crippen molar-refractivity contribution in [3.8, 4) is 0 Å². The summed E-state index contributed by atoms with van der Waals surface area (Å²) in [6.45, 7) is -0.260. The minimum atomic E-state index is -4.47. The Morgan fingerprint density at radius 2 is 1.45 bits per heavy atom. The molecule has 2 rings (SSSR count). The summed E-state index contributed by atoms with van der Waals surface area (Å²) in [7, 11) is -4.47. The fourth-order valence-corrected chi connectivity index (χ4v) is 3.02. The number of hydrogen-bond acceptors (Lipinski definition) is 5. The SMILES string of the molecule is O=C(OCc1ccccc1)C(CCP(=O)(O)O)N(OCc1ccccc1)C(=O)O. The summed E-state index contributed by atoms with van der Waals surface area (Å²) < 4.78 is 16.4. The zero-order valence-corrected chi connectivity index (χ0v) is 16.4. The zero-order chi connectivity index (χ0) is 21.3. The zero-order valence-electron chi connectivity index (χ0n) is 15.5. The number of amides is 1. The topological polar surface area (TPSA) is 134 Å². The Kier molecular flexibility index (Phi) is 8.35. The molecule has 0 saturated carbocycles. The summed E-state index contributed by atoms with van der Waals surface area (Å²) in [6, 6.07) is 15.9. The second-order valence-electron chi connectivity index (χ2n) is 6.15. The molecule has 3 N–H and O–H groups in total. The maximum absolute atomic E-state index is 12.5. The third kappa shape index (κ3) is 8.05. The average Bonchev–Trinajstić information content (AvgIpc) is 2.69. The van der Waals surface area contributed by atoms with Gasteiger partial charge in [0.1, 0.15) is 13.2 Å². The molecule has 0 heterocycles. The van der Waals surface area contributed by atoms with Gasteiger partial charge in [-0.1, -0.05) is 60.7 Å². The van der Waals surface area contributed by atoms with Crippen LogP contribution in [0.25, 0.3) is 0 Å². The van der Waals surface area contributed by atoms with Crippen LogP contribution < -0.4 is 0 Å². The summed E-state index contributed by atoms with van der Waals surface area (Å²) in [5.41, 5.74) is 1.34. The van der Waals surface area contributed by atoms with Crippen molar-refractivity contribution in [2.24, 2.45) is 0 Å². The fourth-order valence-electron chi connectivity index (χ4n) is 2.44. The van der Waals surface area contributed by atoms with E-state index in [0.717, 1.165) is 0 Å². The number of carbonyl (C=O) groups excluding carboxylic acids is 1. The molecule has 156 valence electrons. The van der Waals surface area contributed by atoms with Crippen LogP contribution in [0.3, 0.4) is 0 Å². The molecule has 1 unspecified atom stereocenters. The number of nitrogens with zero attached hydrogens (tertiary/aromatic N) is 1. The van der Waals surface area contributed by atoms with Gasteiger partial charge < -0.3 is 19.6 Å². The van der Waals surface area contributed by atoms with Gasteiger partial charge in [0.2, 0.25) is 0 Å². The highest BCUT2D eigenvalue weighted by atomic mass is 31.2. The molecule has 0 saturated heterocycles. The summed E-state index contributed by atoms with van der Waals surface area (Å²) in [4.78, 5) is 47.7. The highest BCUT2D eigenvalue weighted by Gasteiger charge is 2.34. The lowest BCUT2D eigenvalue weighted by Crippen LogP contribution is -2.45. The number of hydroxylamine groups is 2. The summed E-state index contributed by atoms with van der Waals surface area (Å²) >= 11 is 0. The van der Waals surface area contributed by atoms with Crippen molar-refractivity contribution >= 4 is 19.7 Å². The van der Waals surface area contributed by atoms with Gasteiger partial charge in [-0.3, -0.25) is 9.40 Å². The first-order chi connectivity index (χ1) is 13.8. The van der Waals surface area contributed by atoms with E-state index in [-0.39, 0.29) is 13.2 Å². The lowest BCUT2D eigenvalue weighted by atomic mass is 10.2. The lowest BCUT2D eigenvalue weighted by molar-refractivity contribution is -0.190. The lowest BCUT2D eigenvalue weighted by Gasteiger charge is -2.27. The van der Waals surface area contributed by atoms with Gasteiger partial charge in [-0.25, -0.2) is 9.59 Å². The van der Waals surface area contributed by atoms with Crippen molar-refractivity contribution in [1.29, 1.82) is 0 Å². The van der Waals surface area contributed by atoms with E-state index in [1.807, 2.05) is 0 Å². The smallest absolute Gasteiger partial charge is 0.432 e. The molecule has 0 spiro atoms. The standard InChI is InChI=1S/C19H22NO8P/c21-18(27-13-15-7-3-1-4-8-15)17(11-12-29(24,25)26)20(19(22)23)28-14-16-9-5-2-6-10-16/h1-10,17H,11-14H2,(H,22,23)(H2,24,25,26). The Labute approximate surface area is 167 Å². The fraction of sp³-hybridized carbons (Fsp3) is 0.263. The molecule has 2 aromatic rings. The van der Waals surface area contributed by atoms with Gasteiger partial charge in [-0.15, -0.1) is 0 Å². The predicted molar refractivity (Wildman–Crippen MR) is 103 cm³/mol. The Morgan fingerprint density at radius 3 is 1.93 bits per heavy atom. The molecular formula is C19H22NO8P. The van der Waals surface area contributed by atoms with Crippen LogP contribution in [0.1, 0.15) is 17.5 Å². The number of benzene rings is 2. The highest BCUT2D eigenvalue weighted by molar-refractivity contribution is 7.51. The van der Waals surface area contributed by atoms with E-state index < -0.39 is 38.3 Å². The largest absolute Gasteiger partial charge is 0.463 e. The Hall–Kier alpha value is -2.71. The molecular weight excluding hydrogens is 401 g/mol. The number of esters is 1. The third-order valence-electron chi connectivity index (χ3n) is 3.87. The van der Waals surface area contributed by atoms with Gasteiger partial charge in [-0.2, -0.15) is 5.06 Å². The number of hydrogen-bond donors (Lipinski definition) is 3. The monoisotopic (exact) mass is 423 g/mol. The van der Waals surface area contributed by atoms with Crippen LogP contribution >= 0.6 is 7.60 Å². The van der Waals surface area contributed by atoms with Crippen LogP contribution in [0.4, 0.5) is 4.79 Å². The van der Waals surface area contributed by atoms with Gasteiger partial charge >= 0.3 is 19.7 Å². The van der Waals surface area contributed by atoms with E-state index in [1.165, 1.54) is 0 Å². The van der Waals surface area contributed by atoms with Crippen LogP contribution in [-0.4, -0.2) is 44.2 Å². The number of rotatable bonds is 10. The van der Waals surface area contributed by atoms with Crippen molar-refractivity contribution in [2.45, 2.75) is 25.7 Å². The van der Waals surface area contributed by atoms with Crippen molar-refractivity contribution in [3.63, 3.8) is 0 Å². The average molecular weight is 423 g/mol. The van der Waals surface area contributed by atoms with Gasteiger partial charge in [0.05, 0.1) is 6.16 Å². The van der Waals surface area contributed by atoms with E-state index in [0.29, 0.717) is 16.2 Å². The van der Waals surface area contributed by atoms with Crippen molar-refractivity contribution in [3.05, 3.63) is 71.8 Å². The van der Waals surface area contributed by atoms with Gasteiger partial charge in [0.25, 0.3) is 0 Å². The van der Waals surface area contributed by atoms with Gasteiger partial charge in [0, 0.05) is 0 Å². The normalized spacial score (nSPS) is 12.2. The molecule has 0 radical (unpaired) electrons. The van der Waals surface area contributed by atoms with Crippen LogP contribution in [0.5, 0.6) is 0 Å². The maximum atomic E-state index is 12.5. The maximum Gasteiger partial charge on any atom is 0.432 e. The summed E-state index contributed by atoms with van der Waals surface area (Å²) in [5, 5.41) is 9.87. The van der Waals surface area contributed by atoms with Gasteiger partial charge in [-0.05, 0) is 17.5 Å². The van der Waals surface area contributed by atoms with E-state index in [4.69, 9.17) is 19.4 Å². The Balaban J connectivity index is 2.12. The molecule has 9 nitrogen and oxygen atoms in total. The molecule has 0 bridgehead atoms. The molecule has 0 aromatic heterocycles. The summed E-state index contributed by atoms with van der Waals surface area (Å²) in [5.74, 6) is -0.960. The molecule has 0 aliphatic rings. The van der Waals surface area contributed by atoms with Crippen LogP contribution in [0, 0.1) is 0 Å². The third-order valence-corrected chi connectivity index (χ3v) is 4.72. The van der Waals surface area contributed by atoms with E-state index in [1.54, 1.807) is 60.7 Å². The number of carbonyl (C=O) groups is 2. The first-order valence-corrected chi connectivity index (χ1v) is 10.5. The van der Waals surface area contributed by atoms with Gasteiger partial charge in [0.15, 0.2) is 6.04 Å². The predicted octanol–water partition coefficient (Wildman–Crippen LogP) is 2.78. The minimum absolute atomic E-state index is 0.113. The molecule has 0 aliphatic carbocycles. The summed E-state index contributed by atoms with van der Waals surface area (Å²) in [6.07, 6.45) is -2.73. The second-order valence-corrected chi connectivity index (χ2v) is 7.93. The molecule has 0 aliphatic heterocycles. The van der Waals surface area contributed by atoms with E-state index in [9.17, 15) is 19.3 Å². The van der Waals surface area contributed by atoms with Crippen molar-refractivity contribution in [1.82, 2.24) is 5.06 Å². The molecule has 1 amide bonds. The Bertz CT molecular complexity index is 840.